The van der Waals surface area contributed by atoms with Gasteiger partial charge in [-0.1, -0.05) is 24.3 Å². The summed E-state index contributed by atoms with van der Waals surface area (Å²) in [6.07, 6.45) is 0.997. The summed E-state index contributed by atoms with van der Waals surface area (Å²) in [5, 5.41) is 2.13. The second-order valence-electron chi connectivity index (χ2n) is 4.55. The van der Waals surface area contributed by atoms with E-state index in [1.165, 1.54) is 16.1 Å². The molecule has 1 aromatic carbocycles. The van der Waals surface area contributed by atoms with E-state index in [1.54, 1.807) is 0 Å². The first-order valence-electron chi connectivity index (χ1n) is 5.94. The topological polar surface area (TPSA) is 29.3 Å². The number of anilines is 1. The van der Waals surface area contributed by atoms with E-state index in [0.717, 1.165) is 19.5 Å². The van der Waals surface area contributed by atoms with E-state index < -0.39 is 0 Å². The third kappa shape index (κ3) is 2.21. The molecule has 2 heterocycles. The first-order chi connectivity index (χ1) is 8.33. The molecule has 2 N–H and O–H groups in total. The molecule has 0 saturated heterocycles. The highest BCUT2D eigenvalue weighted by atomic mass is 32.1. The summed E-state index contributed by atoms with van der Waals surface area (Å²) in [5.74, 6) is 0. The lowest BCUT2D eigenvalue weighted by Crippen LogP contribution is -2.42. The van der Waals surface area contributed by atoms with Gasteiger partial charge in [-0.2, -0.15) is 0 Å². The molecule has 3 heteroatoms. The lowest BCUT2D eigenvalue weighted by Gasteiger charge is -2.34. The van der Waals surface area contributed by atoms with E-state index in [1.807, 2.05) is 11.3 Å². The molecule has 1 atom stereocenters. The number of fused-ring (bicyclic) bond motifs is 1. The van der Waals surface area contributed by atoms with E-state index in [9.17, 15) is 0 Å². The van der Waals surface area contributed by atoms with Gasteiger partial charge in [-0.3, -0.25) is 0 Å². The van der Waals surface area contributed by atoms with Crippen molar-refractivity contribution in [2.75, 3.05) is 11.4 Å². The van der Waals surface area contributed by atoms with Crippen molar-refractivity contribution in [1.29, 1.82) is 0 Å². The number of para-hydroxylation sites is 1. The van der Waals surface area contributed by atoms with E-state index in [2.05, 4.69) is 46.7 Å². The van der Waals surface area contributed by atoms with E-state index in [4.69, 9.17) is 5.73 Å². The minimum Gasteiger partial charge on any atom is -0.365 e. The fourth-order valence-corrected chi connectivity index (χ4v) is 3.18. The van der Waals surface area contributed by atoms with Crippen molar-refractivity contribution in [3.63, 3.8) is 0 Å². The molecule has 88 valence electrons. The number of rotatable bonds is 2. The monoisotopic (exact) mass is 244 g/mol. The Kier molecular flexibility index (Phi) is 2.87. The molecular formula is C14H16N2S. The van der Waals surface area contributed by atoms with Gasteiger partial charge in [0, 0.05) is 23.2 Å². The van der Waals surface area contributed by atoms with Crippen LogP contribution in [0.1, 0.15) is 10.4 Å². The van der Waals surface area contributed by atoms with Crippen molar-refractivity contribution < 1.29 is 0 Å². The van der Waals surface area contributed by atoms with Crippen molar-refractivity contribution in [3.8, 4) is 0 Å². The van der Waals surface area contributed by atoms with Gasteiger partial charge in [0.1, 0.15) is 0 Å². The average Bonchev–Trinajstić information content (AvgIpc) is 2.81. The smallest absolute Gasteiger partial charge is 0.0523 e. The second kappa shape index (κ2) is 4.51. The van der Waals surface area contributed by atoms with Crippen molar-refractivity contribution in [1.82, 2.24) is 0 Å². The van der Waals surface area contributed by atoms with Crippen LogP contribution in [0.5, 0.6) is 0 Å². The maximum Gasteiger partial charge on any atom is 0.0523 e. The first kappa shape index (κ1) is 10.8. The van der Waals surface area contributed by atoms with Crippen LogP contribution in [0, 0.1) is 0 Å². The molecule has 2 nitrogen and oxygen atoms in total. The maximum absolute atomic E-state index is 6.13. The number of hydrogen-bond acceptors (Lipinski definition) is 3. The molecule has 1 unspecified atom stereocenters. The van der Waals surface area contributed by atoms with E-state index in [0.29, 0.717) is 0 Å². The minimum atomic E-state index is 0.255. The van der Waals surface area contributed by atoms with Gasteiger partial charge < -0.3 is 10.6 Å². The van der Waals surface area contributed by atoms with Crippen LogP contribution >= 0.6 is 11.3 Å². The lowest BCUT2D eigenvalue weighted by atomic mass is 9.98. The number of nitrogens with zero attached hydrogens (tertiary/aromatic N) is 1. The molecule has 2 aromatic rings. The van der Waals surface area contributed by atoms with E-state index >= 15 is 0 Å². The van der Waals surface area contributed by atoms with Crippen LogP contribution in [0.25, 0.3) is 0 Å². The summed E-state index contributed by atoms with van der Waals surface area (Å²) in [6, 6.07) is 13.1. The zero-order valence-corrected chi connectivity index (χ0v) is 10.5. The van der Waals surface area contributed by atoms with Crippen molar-refractivity contribution >= 4 is 17.0 Å². The molecule has 1 aromatic heterocycles. The van der Waals surface area contributed by atoms with Gasteiger partial charge in [-0.25, -0.2) is 0 Å². The molecule has 0 fully saturated rings. The summed E-state index contributed by atoms with van der Waals surface area (Å²) in [6.45, 7) is 1.93. The third-order valence-electron chi connectivity index (χ3n) is 3.20. The molecule has 0 spiro atoms. The Bertz CT molecular complexity index is 493. The Morgan fingerprint density at radius 1 is 1.24 bits per heavy atom. The molecule has 0 saturated carbocycles. The highest BCUT2D eigenvalue weighted by molar-refractivity contribution is 7.09. The largest absolute Gasteiger partial charge is 0.365 e. The standard InChI is InChI=1S/C14H16N2S/c15-12-8-11-4-1-2-6-14(11)16(9-12)10-13-5-3-7-17-13/h1-7,12H,8-10,15H2. The molecule has 1 aliphatic heterocycles. The van der Waals surface area contributed by atoms with Crippen LogP contribution in [0.15, 0.2) is 41.8 Å². The SMILES string of the molecule is NC1Cc2ccccc2N(Cc2cccs2)C1. The third-order valence-corrected chi connectivity index (χ3v) is 4.06. The van der Waals surface area contributed by atoms with Gasteiger partial charge in [0.2, 0.25) is 0 Å². The summed E-state index contributed by atoms with van der Waals surface area (Å²) in [5.41, 5.74) is 8.86. The lowest BCUT2D eigenvalue weighted by molar-refractivity contribution is 0.600. The summed E-state index contributed by atoms with van der Waals surface area (Å²) < 4.78 is 0. The molecule has 0 aliphatic carbocycles. The van der Waals surface area contributed by atoms with Crippen molar-refractivity contribution in [3.05, 3.63) is 52.2 Å². The molecule has 0 radical (unpaired) electrons. The number of thiophene rings is 1. The Balaban J connectivity index is 1.90. The Morgan fingerprint density at radius 3 is 2.94 bits per heavy atom. The van der Waals surface area contributed by atoms with Crippen LogP contribution in [0.4, 0.5) is 5.69 Å². The summed E-state index contributed by atoms with van der Waals surface area (Å²) in [4.78, 5) is 3.80. The average molecular weight is 244 g/mol. The van der Waals surface area contributed by atoms with Gasteiger partial charge in [-0.05, 0) is 29.5 Å². The van der Waals surface area contributed by atoms with Gasteiger partial charge in [0.15, 0.2) is 0 Å². The molecular weight excluding hydrogens is 228 g/mol. The molecule has 0 bridgehead atoms. The van der Waals surface area contributed by atoms with Gasteiger partial charge in [0.25, 0.3) is 0 Å². The zero-order chi connectivity index (χ0) is 11.7. The van der Waals surface area contributed by atoms with Crippen LogP contribution < -0.4 is 10.6 Å². The quantitative estimate of drug-likeness (QED) is 0.880. The number of hydrogen-bond donors (Lipinski definition) is 1. The summed E-state index contributed by atoms with van der Waals surface area (Å²) >= 11 is 1.81. The Hall–Kier alpha value is -1.32. The number of nitrogens with two attached hydrogens (primary N) is 1. The second-order valence-corrected chi connectivity index (χ2v) is 5.59. The molecule has 3 rings (SSSR count). The first-order valence-corrected chi connectivity index (χ1v) is 6.82. The fraction of sp³-hybridized carbons (Fsp3) is 0.286. The maximum atomic E-state index is 6.13. The highest BCUT2D eigenvalue weighted by Crippen LogP contribution is 2.28. The fourth-order valence-electron chi connectivity index (χ4n) is 2.46. The predicted molar refractivity (Wildman–Crippen MR) is 73.5 cm³/mol. The van der Waals surface area contributed by atoms with Crippen LogP contribution in [-0.4, -0.2) is 12.6 Å². The zero-order valence-electron chi connectivity index (χ0n) is 9.67. The van der Waals surface area contributed by atoms with Gasteiger partial charge in [0.05, 0.1) is 6.54 Å². The Morgan fingerprint density at radius 2 is 2.12 bits per heavy atom. The predicted octanol–water partition coefficient (Wildman–Crippen LogP) is 2.64. The van der Waals surface area contributed by atoms with Crippen LogP contribution in [0.3, 0.4) is 0 Å². The van der Waals surface area contributed by atoms with E-state index in [-0.39, 0.29) is 6.04 Å². The van der Waals surface area contributed by atoms with Crippen LogP contribution in [0.2, 0.25) is 0 Å². The Labute approximate surface area is 106 Å². The van der Waals surface area contributed by atoms with Gasteiger partial charge >= 0.3 is 0 Å². The van der Waals surface area contributed by atoms with Crippen LogP contribution in [-0.2, 0) is 13.0 Å². The highest BCUT2D eigenvalue weighted by Gasteiger charge is 2.21. The normalized spacial score (nSPS) is 19.1. The molecule has 17 heavy (non-hydrogen) atoms. The minimum absolute atomic E-state index is 0.255. The summed E-state index contributed by atoms with van der Waals surface area (Å²) in [7, 11) is 0. The molecule has 1 aliphatic rings. The molecule has 0 amide bonds. The van der Waals surface area contributed by atoms with Crippen molar-refractivity contribution in [2.45, 2.75) is 19.0 Å². The number of benzene rings is 1. The van der Waals surface area contributed by atoms with Crippen molar-refractivity contribution in [2.24, 2.45) is 5.73 Å². The van der Waals surface area contributed by atoms with Gasteiger partial charge in [-0.15, -0.1) is 11.3 Å².